The topological polar surface area (TPSA) is 166 Å². The van der Waals surface area contributed by atoms with Crippen molar-refractivity contribution in [3.63, 3.8) is 0 Å². The first kappa shape index (κ1) is 39.5. The second kappa shape index (κ2) is 19.9. The van der Waals surface area contributed by atoms with E-state index in [0.717, 1.165) is 0 Å². The van der Waals surface area contributed by atoms with Crippen molar-refractivity contribution in [1.29, 1.82) is 0 Å². The fraction of sp³-hybridized carbons (Fsp3) is 0. The number of aromatic hydroxyl groups is 3. The molecule has 14 heteroatoms. The van der Waals surface area contributed by atoms with Crippen molar-refractivity contribution < 1.29 is 48.8 Å². The van der Waals surface area contributed by atoms with Crippen LogP contribution in [0.5, 0.6) is 51.7 Å². The molecule has 6 aromatic carbocycles. The van der Waals surface area contributed by atoms with Gasteiger partial charge in [0.05, 0.1) is 0 Å². The molecule has 0 saturated carbocycles. The second-order valence-corrected chi connectivity index (χ2v) is 12.0. The number of hydrogen-bond acceptors (Lipinski definition) is 7. The zero-order chi connectivity index (χ0) is 36.5. The Morgan fingerprint density at radius 3 is 0.640 bits per heavy atom. The van der Waals surface area contributed by atoms with Crippen LogP contribution in [0.2, 0.25) is 15.1 Å². The quantitative estimate of drug-likeness (QED) is 0.0900. The molecule has 6 rings (SSSR count). The van der Waals surface area contributed by atoms with Crippen LogP contribution in [0.25, 0.3) is 0 Å². The van der Waals surface area contributed by atoms with Crippen molar-refractivity contribution in [3.05, 3.63) is 161 Å². The minimum absolute atomic E-state index is 0.221. The lowest BCUT2D eigenvalue weighted by atomic mass is 10.3. The smallest absolute Gasteiger partial charge is 0.466 e. The number of phosphoric acid groups is 1. The van der Waals surface area contributed by atoms with Gasteiger partial charge < -0.3 is 44.2 Å². The van der Waals surface area contributed by atoms with Gasteiger partial charge in [0.1, 0.15) is 51.7 Å². The lowest BCUT2D eigenvalue weighted by Crippen LogP contribution is -1.82. The van der Waals surface area contributed by atoms with Crippen LogP contribution >= 0.6 is 42.6 Å². The number of benzene rings is 6. The number of phenolic OH excluding ortho intramolecular Hbond substituents is 3. The molecule has 10 nitrogen and oxygen atoms in total. The molecule has 0 spiro atoms. The highest BCUT2D eigenvalue weighted by molar-refractivity contribution is 7.45. The molecular formula is C36H30Cl3O10P. The molecule has 0 radical (unpaired) electrons. The number of rotatable bonds is 6. The Bertz CT molecular complexity index is 1550. The van der Waals surface area contributed by atoms with Crippen molar-refractivity contribution in [1.82, 2.24) is 0 Å². The van der Waals surface area contributed by atoms with Gasteiger partial charge in [-0.1, -0.05) is 34.8 Å². The Labute approximate surface area is 302 Å². The van der Waals surface area contributed by atoms with Crippen molar-refractivity contribution >= 4 is 42.6 Å². The van der Waals surface area contributed by atoms with E-state index in [1.165, 1.54) is 0 Å². The van der Waals surface area contributed by atoms with Crippen molar-refractivity contribution in [2.24, 2.45) is 0 Å². The van der Waals surface area contributed by atoms with Crippen LogP contribution in [0.3, 0.4) is 0 Å². The number of phenols is 3. The maximum absolute atomic E-state index is 9.09. The molecule has 0 aliphatic rings. The monoisotopic (exact) mass is 758 g/mol. The van der Waals surface area contributed by atoms with Gasteiger partial charge in [0.2, 0.25) is 0 Å². The summed E-state index contributed by atoms with van der Waals surface area (Å²) in [6, 6.07) is 40.9. The lowest BCUT2D eigenvalue weighted by molar-refractivity contribution is 0.275. The molecule has 0 amide bonds. The van der Waals surface area contributed by atoms with E-state index < -0.39 is 7.82 Å². The average molecular weight is 760 g/mol. The fourth-order valence-corrected chi connectivity index (χ4v) is 3.84. The summed E-state index contributed by atoms with van der Waals surface area (Å²) in [6.45, 7) is 0. The van der Waals surface area contributed by atoms with E-state index in [1.807, 2.05) is 0 Å². The van der Waals surface area contributed by atoms with Crippen LogP contribution in [-0.4, -0.2) is 30.0 Å². The van der Waals surface area contributed by atoms with E-state index >= 15 is 0 Å². The molecule has 0 saturated heterocycles. The Morgan fingerprint density at radius 1 is 0.340 bits per heavy atom. The summed E-state index contributed by atoms with van der Waals surface area (Å²) in [4.78, 5) is 21.6. The molecule has 6 aromatic rings. The number of halogens is 3. The first-order chi connectivity index (χ1) is 23.7. The van der Waals surface area contributed by atoms with Crippen LogP contribution in [0.1, 0.15) is 0 Å². The van der Waals surface area contributed by atoms with Gasteiger partial charge in [-0.05, 0) is 146 Å². The van der Waals surface area contributed by atoms with E-state index in [9.17, 15) is 0 Å². The maximum atomic E-state index is 9.09. The van der Waals surface area contributed by atoms with Crippen LogP contribution in [0.15, 0.2) is 146 Å². The summed E-state index contributed by atoms with van der Waals surface area (Å²) < 4.78 is 25.4. The molecule has 0 aliphatic heterocycles. The van der Waals surface area contributed by atoms with Crippen LogP contribution < -0.4 is 14.2 Å². The third-order valence-electron chi connectivity index (χ3n) is 5.66. The van der Waals surface area contributed by atoms with Gasteiger partial charge in [-0.2, -0.15) is 0 Å². The largest absolute Gasteiger partial charge is 0.508 e. The highest BCUT2D eigenvalue weighted by atomic mass is 35.5. The van der Waals surface area contributed by atoms with Crippen molar-refractivity contribution in [2.75, 3.05) is 0 Å². The van der Waals surface area contributed by atoms with Gasteiger partial charge in [0.15, 0.2) is 0 Å². The zero-order valence-electron chi connectivity index (χ0n) is 25.8. The number of ether oxygens (including phenoxy) is 3. The SMILES string of the molecule is O=P(O)(O)O.Oc1ccc(Oc2ccc(Cl)cc2)cc1.Oc1ccc(Oc2ccc(Cl)cc2)cc1.Oc1ccc(Oc2ccc(Cl)cc2)cc1. The average Bonchev–Trinajstić information content (AvgIpc) is 3.07. The third kappa shape index (κ3) is 17.0. The second-order valence-electron chi connectivity index (χ2n) is 9.66. The summed E-state index contributed by atoms with van der Waals surface area (Å²) in [5.41, 5.74) is 0. The molecule has 0 bridgehead atoms. The van der Waals surface area contributed by atoms with Crippen LogP contribution in [0, 0.1) is 0 Å². The highest BCUT2D eigenvalue weighted by Crippen LogP contribution is 2.27. The Balaban J connectivity index is 0.000000190. The Hall–Kier alpha value is -4.90. The number of hydrogen-bond donors (Lipinski definition) is 6. The summed E-state index contributed by atoms with van der Waals surface area (Å²) in [6.07, 6.45) is 0. The van der Waals surface area contributed by atoms with Crippen LogP contribution in [-0.2, 0) is 4.57 Å². The Kier molecular flexibility index (Phi) is 15.8. The van der Waals surface area contributed by atoms with Gasteiger partial charge in [0.25, 0.3) is 0 Å². The third-order valence-corrected chi connectivity index (χ3v) is 6.41. The first-order valence-corrected chi connectivity index (χ1v) is 16.9. The van der Waals surface area contributed by atoms with Gasteiger partial charge in [-0.15, -0.1) is 0 Å². The molecular weight excluding hydrogens is 730 g/mol. The minimum Gasteiger partial charge on any atom is -0.508 e. The summed E-state index contributed by atoms with van der Waals surface area (Å²) in [5.74, 6) is 4.83. The maximum Gasteiger partial charge on any atom is 0.466 e. The lowest BCUT2D eigenvalue weighted by Gasteiger charge is -2.05. The molecule has 0 atom stereocenters. The first-order valence-electron chi connectivity index (χ1n) is 14.2. The van der Waals surface area contributed by atoms with Gasteiger partial charge >= 0.3 is 7.82 Å². The standard InChI is InChI=1S/3C12H9ClO2.H3O4P/c3*13-9-1-5-11(6-2-9)15-12-7-3-10(14)4-8-12;1-5(2,3)4/h3*1-8,14H;(H3,1,2,3,4). The van der Waals surface area contributed by atoms with Gasteiger partial charge in [0, 0.05) is 15.1 Å². The predicted molar refractivity (Wildman–Crippen MR) is 193 cm³/mol. The van der Waals surface area contributed by atoms with E-state index in [-0.39, 0.29) is 17.2 Å². The van der Waals surface area contributed by atoms with Crippen molar-refractivity contribution in [2.45, 2.75) is 0 Å². The van der Waals surface area contributed by atoms with Gasteiger partial charge in [-0.3, -0.25) is 0 Å². The minimum atomic E-state index is -4.64. The summed E-state index contributed by atoms with van der Waals surface area (Å²) >= 11 is 17.2. The molecule has 0 aliphatic carbocycles. The molecule has 0 unspecified atom stereocenters. The molecule has 0 fully saturated rings. The molecule has 0 aromatic heterocycles. The van der Waals surface area contributed by atoms with E-state index in [0.29, 0.717) is 49.6 Å². The normalized spacial score (nSPS) is 10.1. The van der Waals surface area contributed by atoms with Gasteiger partial charge in [-0.25, -0.2) is 4.57 Å². The molecule has 0 heterocycles. The van der Waals surface area contributed by atoms with E-state index in [2.05, 4.69) is 0 Å². The van der Waals surface area contributed by atoms with Crippen LogP contribution in [0.4, 0.5) is 0 Å². The molecule has 50 heavy (non-hydrogen) atoms. The molecule has 260 valence electrons. The van der Waals surface area contributed by atoms with E-state index in [1.54, 1.807) is 146 Å². The highest BCUT2D eigenvalue weighted by Gasteiger charge is 2.01. The predicted octanol–water partition coefficient (Wildman–Crippen LogP) is 10.6. The fourth-order valence-electron chi connectivity index (χ4n) is 3.46. The van der Waals surface area contributed by atoms with E-state index in [4.69, 9.17) is 83.6 Å². The molecule has 6 N–H and O–H groups in total. The Morgan fingerprint density at radius 2 is 0.480 bits per heavy atom. The van der Waals surface area contributed by atoms with Crippen molar-refractivity contribution in [3.8, 4) is 51.7 Å². The summed E-state index contributed by atoms with van der Waals surface area (Å²) in [7, 11) is -4.64. The zero-order valence-corrected chi connectivity index (χ0v) is 28.9. The summed E-state index contributed by atoms with van der Waals surface area (Å²) in [5, 5.41) is 29.3.